The molecule has 0 saturated heterocycles. The van der Waals surface area contributed by atoms with Gasteiger partial charge in [0, 0.05) is 28.3 Å². The highest BCUT2D eigenvalue weighted by atomic mass is 35.5. The summed E-state index contributed by atoms with van der Waals surface area (Å²) in [5.41, 5.74) is 1.89. The van der Waals surface area contributed by atoms with Gasteiger partial charge in [-0.15, -0.1) is 0 Å². The standard InChI is InChI=1S/C19H16Cl2N4O/c1-12-23-17(19(26)22-11-13-5-2-3-8-16(13)21)10-18(24-12)25-15-7-4-6-14(20)9-15/h2-10H,11H2,1H3,(H,22,26)(H,23,24,25). The van der Waals surface area contributed by atoms with Crippen molar-refractivity contribution in [3.8, 4) is 0 Å². The highest BCUT2D eigenvalue weighted by molar-refractivity contribution is 6.31. The summed E-state index contributed by atoms with van der Waals surface area (Å²) in [5.74, 6) is 0.701. The first-order valence-electron chi connectivity index (χ1n) is 7.91. The molecule has 0 unspecified atom stereocenters. The maximum Gasteiger partial charge on any atom is 0.270 e. The van der Waals surface area contributed by atoms with Crippen LogP contribution in [0.1, 0.15) is 21.9 Å². The summed E-state index contributed by atoms with van der Waals surface area (Å²) in [4.78, 5) is 21.0. The number of hydrogen-bond acceptors (Lipinski definition) is 4. The number of carbonyl (C=O) groups excluding carboxylic acids is 1. The first kappa shape index (κ1) is 18.2. The van der Waals surface area contributed by atoms with Crippen molar-refractivity contribution in [2.24, 2.45) is 0 Å². The Labute approximate surface area is 161 Å². The zero-order valence-electron chi connectivity index (χ0n) is 14.0. The number of rotatable bonds is 5. The van der Waals surface area contributed by atoms with E-state index in [-0.39, 0.29) is 11.6 Å². The van der Waals surface area contributed by atoms with Crippen molar-refractivity contribution >= 4 is 40.6 Å². The minimum atomic E-state index is -0.301. The number of nitrogens with zero attached hydrogens (tertiary/aromatic N) is 2. The molecule has 0 atom stereocenters. The number of hydrogen-bond donors (Lipinski definition) is 2. The van der Waals surface area contributed by atoms with Crippen LogP contribution in [0.15, 0.2) is 54.6 Å². The Kier molecular flexibility index (Phi) is 5.71. The lowest BCUT2D eigenvalue weighted by molar-refractivity contribution is 0.0945. The minimum absolute atomic E-state index is 0.272. The van der Waals surface area contributed by atoms with Crippen molar-refractivity contribution in [3.05, 3.63) is 81.7 Å². The summed E-state index contributed by atoms with van der Waals surface area (Å²) in [6.45, 7) is 2.05. The average Bonchev–Trinajstić information content (AvgIpc) is 2.60. The van der Waals surface area contributed by atoms with Crippen molar-refractivity contribution in [2.45, 2.75) is 13.5 Å². The molecule has 3 rings (SSSR count). The summed E-state index contributed by atoms with van der Waals surface area (Å²) in [5, 5.41) is 7.16. The van der Waals surface area contributed by atoms with Gasteiger partial charge < -0.3 is 10.6 Å². The molecule has 1 amide bonds. The molecule has 5 nitrogen and oxygen atoms in total. The van der Waals surface area contributed by atoms with Crippen LogP contribution in [0, 0.1) is 6.92 Å². The fourth-order valence-electron chi connectivity index (χ4n) is 2.37. The van der Waals surface area contributed by atoms with Crippen LogP contribution in [-0.2, 0) is 6.54 Å². The van der Waals surface area contributed by atoms with Gasteiger partial charge in [-0.3, -0.25) is 4.79 Å². The third-order valence-electron chi connectivity index (χ3n) is 3.56. The second kappa shape index (κ2) is 8.17. The lowest BCUT2D eigenvalue weighted by Gasteiger charge is -2.10. The van der Waals surface area contributed by atoms with E-state index >= 15 is 0 Å². The van der Waals surface area contributed by atoms with E-state index in [0.29, 0.717) is 28.2 Å². The fraction of sp³-hybridized carbons (Fsp3) is 0.105. The Balaban J connectivity index is 1.74. The number of halogens is 2. The molecular formula is C19H16Cl2N4O. The normalized spacial score (nSPS) is 10.4. The maximum absolute atomic E-state index is 12.4. The van der Waals surface area contributed by atoms with E-state index in [2.05, 4.69) is 20.6 Å². The van der Waals surface area contributed by atoms with Crippen molar-refractivity contribution in [1.82, 2.24) is 15.3 Å². The molecule has 0 bridgehead atoms. The molecule has 132 valence electrons. The SMILES string of the molecule is Cc1nc(Nc2cccc(Cl)c2)cc(C(=O)NCc2ccccc2Cl)n1. The van der Waals surface area contributed by atoms with Gasteiger partial charge in [0.2, 0.25) is 0 Å². The van der Waals surface area contributed by atoms with Gasteiger partial charge in [0.1, 0.15) is 17.3 Å². The highest BCUT2D eigenvalue weighted by Gasteiger charge is 2.11. The molecule has 1 heterocycles. The first-order valence-corrected chi connectivity index (χ1v) is 8.67. The van der Waals surface area contributed by atoms with Crippen molar-refractivity contribution in [2.75, 3.05) is 5.32 Å². The molecule has 0 radical (unpaired) electrons. The molecule has 26 heavy (non-hydrogen) atoms. The lowest BCUT2D eigenvalue weighted by Crippen LogP contribution is -2.24. The number of nitrogens with one attached hydrogen (secondary N) is 2. The Hall–Kier alpha value is -2.63. The van der Waals surface area contributed by atoms with Gasteiger partial charge in [-0.2, -0.15) is 0 Å². The predicted octanol–water partition coefficient (Wildman–Crippen LogP) is 4.77. The zero-order valence-corrected chi connectivity index (χ0v) is 15.5. The van der Waals surface area contributed by atoms with E-state index in [1.54, 1.807) is 31.2 Å². The average molecular weight is 387 g/mol. The topological polar surface area (TPSA) is 66.9 Å². The van der Waals surface area contributed by atoms with E-state index in [0.717, 1.165) is 11.3 Å². The van der Waals surface area contributed by atoms with Gasteiger partial charge in [0.15, 0.2) is 0 Å². The predicted molar refractivity (Wildman–Crippen MR) is 104 cm³/mol. The Bertz CT molecular complexity index is 946. The van der Waals surface area contributed by atoms with Gasteiger partial charge in [-0.05, 0) is 36.8 Å². The van der Waals surface area contributed by atoms with E-state index in [9.17, 15) is 4.79 Å². The van der Waals surface area contributed by atoms with E-state index < -0.39 is 0 Å². The first-order chi connectivity index (χ1) is 12.5. The van der Waals surface area contributed by atoms with Crippen molar-refractivity contribution in [3.63, 3.8) is 0 Å². The van der Waals surface area contributed by atoms with Gasteiger partial charge in [-0.1, -0.05) is 47.5 Å². The summed E-state index contributed by atoms with van der Waals surface area (Å²) in [6.07, 6.45) is 0. The molecule has 2 aromatic carbocycles. The number of aromatic nitrogens is 2. The largest absolute Gasteiger partial charge is 0.347 e. The lowest BCUT2D eigenvalue weighted by atomic mass is 10.2. The molecule has 3 aromatic rings. The molecule has 0 aliphatic carbocycles. The summed E-state index contributed by atoms with van der Waals surface area (Å²) in [6, 6.07) is 16.2. The number of aryl methyl sites for hydroxylation is 1. The third kappa shape index (κ3) is 4.71. The second-order valence-corrected chi connectivity index (χ2v) is 6.44. The minimum Gasteiger partial charge on any atom is -0.347 e. The van der Waals surface area contributed by atoms with Gasteiger partial charge in [0.25, 0.3) is 5.91 Å². The molecule has 0 aliphatic rings. The quantitative estimate of drug-likeness (QED) is 0.662. The maximum atomic E-state index is 12.4. The fourth-order valence-corrected chi connectivity index (χ4v) is 2.76. The van der Waals surface area contributed by atoms with Crippen LogP contribution in [0.2, 0.25) is 10.0 Å². The Morgan fingerprint density at radius 1 is 1.04 bits per heavy atom. The van der Waals surface area contributed by atoms with Crippen LogP contribution in [0.25, 0.3) is 0 Å². The third-order valence-corrected chi connectivity index (χ3v) is 4.17. The number of benzene rings is 2. The monoisotopic (exact) mass is 386 g/mol. The molecule has 0 spiro atoms. The highest BCUT2D eigenvalue weighted by Crippen LogP contribution is 2.19. The zero-order chi connectivity index (χ0) is 18.5. The summed E-state index contributed by atoms with van der Waals surface area (Å²) in [7, 11) is 0. The van der Waals surface area contributed by atoms with Crippen LogP contribution in [-0.4, -0.2) is 15.9 Å². The van der Waals surface area contributed by atoms with Crippen molar-refractivity contribution < 1.29 is 4.79 Å². The van der Waals surface area contributed by atoms with E-state index in [1.807, 2.05) is 30.3 Å². The van der Waals surface area contributed by atoms with Crippen LogP contribution in [0.4, 0.5) is 11.5 Å². The molecule has 1 aromatic heterocycles. The van der Waals surface area contributed by atoms with Crippen LogP contribution < -0.4 is 10.6 Å². The summed E-state index contributed by atoms with van der Waals surface area (Å²) >= 11 is 12.1. The van der Waals surface area contributed by atoms with Crippen LogP contribution >= 0.6 is 23.2 Å². The van der Waals surface area contributed by atoms with Gasteiger partial charge >= 0.3 is 0 Å². The van der Waals surface area contributed by atoms with Gasteiger partial charge in [-0.25, -0.2) is 9.97 Å². The number of amides is 1. The van der Waals surface area contributed by atoms with Crippen LogP contribution in [0.5, 0.6) is 0 Å². The van der Waals surface area contributed by atoms with Gasteiger partial charge in [0.05, 0.1) is 0 Å². The molecule has 0 aliphatic heterocycles. The van der Waals surface area contributed by atoms with Crippen molar-refractivity contribution in [1.29, 1.82) is 0 Å². The van der Waals surface area contributed by atoms with Crippen LogP contribution in [0.3, 0.4) is 0 Å². The Morgan fingerprint density at radius 2 is 1.85 bits per heavy atom. The number of anilines is 2. The molecular weight excluding hydrogens is 371 g/mol. The second-order valence-electron chi connectivity index (χ2n) is 5.60. The van der Waals surface area contributed by atoms with E-state index in [1.165, 1.54) is 0 Å². The molecule has 2 N–H and O–H groups in total. The summed E-state index contributed by atoms with van der Waals surface area (Å²) < 4.78 is 0. The smallest absolute Gasteiger partial charge is 0.270 e. The molecule has 0 saturated carbocycles. The molecule has 0 fully saturated rings. The van der Waals surface area contributed by atoms with E-state index in [4.69, 9.17) is 23.2 Å². The number of carbonyl (C=O) groups is 1. The Morgan fingerprint density at radius 3 is 2.62 bits per heavy atom. The molecule has 7 heteroatoms.